The number of aryl methyl sites for hydroxylation is 1. The number of hydrogen-bond acceptors (Lipinski definition) is 6. The Morgan fingerprint density at radius 1 is 1.38 bits per heavy atom. The fourth-order valence-electron chi connectivity index (χ4n) is 1.63. The normalized spacial score (nSPS) is 11.1. The van der Waals surface area contributed by atoms with Crippen LogP contribution in [0.5, 0.6) is 5.75 Å². The Morgan fingerprint density at radius 2 is 2.10 bits per heavy atom. The van der Waals surface area contributed by atoms with Crippen LogP contribution in [0, 0.1) is 0 Å². The minimum atomic E-state index is -3.92. The number of aromatic nitrogens is 2. The number of rotatable bonds is 4. The number of carbonyl (C=O) groups excluding carboxylic acids is 1. The molecule has 21 heavy (non-hydrogen) atoms. The summed E-state index contributed by atoms with van der Waals surface area (Å²) in [7, 11) is -1.20. The summed E-state index contributed by atoms with van der Waals surface area (Å²) in [6.45, 7) is 0. The standard InChI is InChI=1S/C12H13N3O5S/c1-15-11(5-6-13-15)14-21(18,19)8-3-4-10(16)9(7-8)12(17)20-2/h3-7,14,16H,1-2H3. The summed E-state index contributed by atoms with van der Waals surface area (Å²) >= 11 is 0. The van der Waals surface area contributed by atoms with Crippen molar-refractivity contribution in [2.75, 3.05) is 11.8 Å². The fraction of sp³-hybridized carbons (Fsp3) is 0.167. The average molecular weight is 311 g/mol. The Balaban J connectivity index is 2.41. The van der Waals surface area contributed by atoms with Gasteiger partial charge < -0.3 is 9.84 Å². The number of anilines is 1. The van der Waals surface area contributed by atoms with E-state index < -0.39 is 16.0 Å². The van der Waals surface area contributed by atoms with Crippen molar-refractivity contribution in [2.24, 2.45) is 7.05 Å². The molecular formula is C12H13N3O5S. The summed E-state index contributed by atoms with van der Waals surface area (Å²) in [5.41, 5.74) is -0.231. The molecule has 0 saturated heterocycles. The molecule has 2 N–H and O–H groups in total. The van der Waals surface area contributed by atoms with Crippen molar-refractivity contribution in [1.82, 2.24) is 9.78 Å². The van der Waals surface area contributed by atoms with Gasteiger partial charge in [-0.05, 0) is 18.2 Å². The number of ether oxygens (including phenoxy) is 1. The summed E-state index contributed by atoms with van der Waals surface area (Å²) in [5.74, 6) is -0.922. The van der Waals surface area contributed by atoms with Crippen LogP contribution >= 0.6 is 0 Å². The van der Waals surface area contributed by atoms with E-state index in [0.29, 0.717) is 0 Å². The monoisotopic (exact) mass is 311 g/mol. The van der Waals surface area contributed by atoms with Gasteiger partial charge in [-0.3, -0.25) is 9.40 Å². The van der Waals surface area contributed by atoms with Gasteiger partial charge in [0.1, 0.15) is 17.1 Å². The van der Waals surface area contributed by atoms with Gasteiger partial charge in [0, 0.05) is 13.1 Å². The zero-order valence-corrected chi connectivity index (χ0v) is 12.1. The number of carbonyl (C=O) groups is 1. The van der Waals surface area contributed by atoms with Crippen LogP contribution in [0.1, 0.15) is 10.4 Å². The lowest BCUT2D eigenvalue weighted by atomic mass is 10.2. The van der Waals surface area contributed by atoms with Crippen molar-refractivity contribution < 1.29 is 23.1 Å². The smallest absolute Gasteiger partial charge is 0.341 e. The number of methoxy groups -OCH3 is 1. The van der Waals surface area contributed by atoms with Gasteiger partial charge in [0.05, 0.1) is 18.2 Å². The summed E-state index contributed by atoms with van der Waals surface area (Å²) < 4.78 is 32.6. The Kier molecular flexibility index (Phi) is 3.85. The molecule has 0 unspecified atom stereocenters. The van der Waals surface area contributed by atoms with Crippen molar-refractivity contribution in [1.29, 1.82) is 0 Å². The second-order valence-electron chi connectivity index (χ2n) is 4.12. The van der Waals surface area contributed by atoms with Crippen LogP contribution in [-0.4, -0.2) is 36.4 Å². The topological polar surface area (TPSA) is 111 Å². The van der Waals surface area contributed by atoms with E-state index in [9.17, 15) is 18.3 Å². The van der Waals surface area contributed by atoms with Gasteiger partial charge in [0.25, 0.3) is 10.0 Å². The van der Waals surface area contributed by atoms with Gasteiger partial charge >= 0.3 is 5.97 Å². The highest BCUT2D eigenvalue weighted by Crippen LogP contribution is 2.23. The number of benzene rings is 1. The molecule has 1 heterocycles. The van der Waals surface area contributed by atoms with Crippen LogP contribution < -0.4 is 4.72 Å². The predicted octanol–water partition coefficient (Wildman–Crippen LogP) is 0.713. The molecule has 1 aromatic heterocycles. The lowest BCUT2D eigenvalue weighted by Gasteiger charge is -2.09. The minimum absolute atomic E-state index is 0.179. The first-order valence-corrected chi connectivity index (χ1v) is 7.25. The average Bonchev–Trinajstić information content (AvgIpc) is 2.83. The van der Waals surface area contributed by atoms with Crippen LogP contribution in [0.15, 0.2) is 35.4 Å². The number of nitrogens with one attached hydrogen (secondary N) is 1. The third-order valence-corrected chi connectivity index (χ3v) is 4.10. The van der Waals surface area contributed by atoms with Gasteiger partial charge in [-0.2, -0.15) is 5.10 Å². The molecule has 0 bridgehead atoms. The zero-order chi connectivity index (χ0) is 15.6. The van der Waals surface area contributed by atoms with E-state index in [1.807, 2.05) is 0 Å². The van der Waals surface area contributed by atoms with Gasteiger partial charge in [0.15, 0.2) is 0 Å². The van der Waals surface area contributed by atoms with Gasteiger partial charge in [-0.1, -0.05) is 0 Å². The maximum atomic E-state index is 12.2. The predicted molar refractivity (Wildman–Crippen MR) is 73.5 cm³/mol. The van der Waals surface area contributed by atoms with E-state index in [4.69, 9.17) is 0 Å². The lowest BCUT2D eigenvalue weighted by molar-refractivity contribution is 0.0597. The first kappa shape index (κ1) is 14.9. The molecule has 1 aromatic carbocycles. The minimum Gasteiger partial charge on any atom is -0.507 e. The summed E-state index contributed by atoms with van der Waals surface area (Å²) in [4.78, 5) is 11.3. The molecule has 0 saturated carbocycles. The molecule has 2 aromatic rings. The van der Waals surface area contributed by atoms with Crippen LogP contribution in [0.4, 0.5) is 5.82 Å². The molecule has 0 aliphatic carbocycles. The molecule has 0 atom stereocenters. The SMILES string of the molecule is COC(=O)c1cc(S(=O)(=O)Nc2ccnn2C)ccc1O. The molecule has 0 radical (unpaired) electrons. The number of phenols is 1. The van der Waals surface area contributed by atoms with E-state index in [-0.39, 0.29) is 22.0 Å². The number of hydrogen-bond donors (Lipinski definition) is 2. The van der Waals surface area contributed by atoms with E-state index >= 15 is 0 Å². The molecule has 0 spiro atoms. The van der Waals surface area contributed by atoms with Crippen molar-refractivity contribution >= 4 is 21.8 Å². The zero-order valence-electron chi connectivity index (χ0n) is 11.3. The van der Waals surface area contributed by atoms with E-state index in [1.54, 1.807) is 7.05 Å². The first-order chi connectivity index (χ1) is 9.85. The van der Waals surface area contributed by atoms with Crippen LogP contribution in [0.2, 0.25) is 0 Å². The molecule has 0 aliphatic heterocycles. The Morgan fingerprint density at radius 3 is 2.67 bits per heavy atom. The summed E-state index contributed by atoms with van der Waals surface area (Å²) in [6.07, 6.45) is 1.44. The molecule has 0 aliphatic rings. The summed E-state index contributed by atoms with van der Waals surface area (Å²) in [6, 6.07) is 4.82. The first-order valence-electron chi connectivity index (χ1n) is 5.77. The van der Waals surface area contributed by atoms with Crippen molar-refractivity contribution in [3.63, 3.8) is 0 Å². The van der Waals surface area contributed by atoms with Gasteiger partial charge in [-0.25, -0.2) is 13.2 Å². The third-order valence-electron chi connectivity index (χ3n) is 2.74. The van der Waals surface area contributed by atoms with Crippen LogP contribution in [0.25, 0.3) is 0 Å². The number of esters is 1. The number of aromatic hydroxyl groups is 1. The molecule has 8 nitrogen and oxygen atoms in total. The Labute approximate surface area is 121 Å². The van der Waals surface area contributed by atoms with Crippen LogP contribution in [0.3, 0.4) is 0 Å². The molecule has 0 fully saturated rings. The Bertz CT molecular complexity index is 782. The Hall–Kier alpha value is -2.55. The maximum absolute atomic E-state index is 12.2. The molecule has 112 valence electrons. The third kappa shape index (κ3) is 2.97. The van der Waals surface area contributed by atoms with Crippen molar-refractivity contribution in [3.8, 4) is 5.75 Å². The summed E-state index contributed by atoms with van der Waals surface area (Å²) in [5, 5.41) is 13.4. The maximum Gasteiger partial charge on any atom is 0.341 e. The molecular weight excluding hydrogens is 298 g/mol. The van der Waals surface area contributed by atoms with E-state index in [0.717, 1.165) is 19.2 Å². The van der Waals surface area contributed by atoms with Gasteiger partial charge in [0.2, 0.25) is 0 Å². The van der Waals surface area contributed by atoms with E-state index in [1.165, 1.54) is 23.0 Å². The fourth-order valence-corrected chi connectivity index (χ4v) is 2.74. The second kappa shape index (κ2) is 5.44. The number of sulfonamides is 1. The molecule has 0 amide bonds. The molecule has 2 rings (SSSR count). The quantitative estimate of drug-likeness (QED) is 0.805. The van der Waals surface area contributed by atoms with Crippen molar-refractivity contribution in [3.05, 3.63) is 36.0 Å². The largest absolute Gasteiger partial charge is 0.507 e. The highest BCUT2D eigenvalue weighted by molar-refractivity contribution is 7.92. The van der Waals surface area contributed by atoms with Gasteiger partial charge in [-0.15, -0.1) is 0 Å². The molecule has 9 heteroatoms. The number of phenolic OH excluding ortho intramolecular Hbond substituents is 1. The number of nitrogens with zero attached hydrogens (tertiary/aromatic N) is 2. The van der Waals surface area contributed by atoms with Crippen LogP contribution in [-0.2, 0) is 21.8 Å². The lowest BCUT2D eigenvalue weighted by Crippen LogP contribution is -2.16. The highest BCUT2D eigenvalue weighted by atomic mass is 32.2. The van der Waals surface area contributed by atoms with Crippen molar-refractivity contribution in [2.45, 2.75) is 4.90 Å². The second-order valence-corrected chi connectivity index (χ2v) is 5.80. The highest BCUT2D eigenvalue weighted by Gasteiger charge is 2.20. The van der Waals surface area contributed by atoms with E-state index in [2.05, 4.69) is 14.6 Å².